The van der Waals surface area contributed by atoms with Crippen LogP contribution in [0, 0.1) is 0 Å². The van der Waals surface area contributed by atoms with Crippen LogP contribution < -0.4 is 9.47 Å². The summed E-state index contributed by atoms with van der Waals surface area (Å²) in [6.07, 6.45) is -1.59. The van der Waals surface area contributed by atoms with Gasteiger partial charge >= 0.3 is 0 Å². The number of amides is 1. The molecular weight excluding hydrogens is 350 g/mol. The third kappa shape index (κ3) is 2.63. The van der Waals surface area contributed by atoms with Gasteiger partial charge in [0.15, 0.2) is 17.3 Å². The van der Waals surface area contributed by atoms with E-state index in [1.165, 1.54) is 0 Å². The second kappa shape index (κ2) is 6.09. The monoisotopic (exact) mass is 377 g/mol. The van der Waals surface area contributed by atoms with Gasteiger partial charge in [-0.05, 0) is 19.9 Å². The van der Waals surface area contributed by atoms with Crippen LogP contribution in [0.3, 0.4) is 0 Å². The lowest BCUT2D eigenvalue weighted by atomic mass is 9.62. The van der Waals surface area contributed by atoms with Gasteiger partial charge in [-0.15, -0.1) is 0 Å². The molecule has 1 aromatic rings. The molecule has 1 N–H and O–H groups in total. The first kappa shape index (κ1) is 18.5. The molecule has 0 radical (unpaired) electrons. The summed E-state index contributed by atoms with van der Waals surface area (Å²) in [4.78, 5) is 14.4. The minimum Gasteiger partial charge on any atom is -0.493 e. The minimum absolute atomic E-state index is 0.0253. The number of aliphatic hydroxyl groups is 1. The van der Waals surface area contributed by atoms with Gasteiger partial charge in [-0.1, -0.05) is 12.1 Å². The van der Waals surface area contributed by atoms with Crippen LogP contribution >= 0.6 is 0 Å². The number of rotatable bonds is 3. The SMILES string of the molecule is COc1cccc2c1O[C@@H]1C[C@@H](O)[C@@H]3OC(C)(C)O[C@@H]3[C@]21CC(=O)N(C)C. The molecule has 7 heteroatoms. The van der Waals surface area contributed by atoms with Crippen molar-refractivity contribution >= 4 is 5.91 Å². The van der Waals surface area contributed by atoms with Crippen molar-refractivity contribution in [1.29, 1.82) is 0 Å². The number of hydrogen-bond donors (Lipinski definition) is 1. The van der Waals surface area contributed by atoms with E-state index in [1.54, 1.807) is 26.1 Å². The summed E-state index contributed by atoms with van der Waals surface area (Å²) in [6, 6.07) is 5.69. The first-order valence-electron chi connectivity index (χ1n) is 9.27. The van der Waals surface area contributed by atoms with Crippen molar-refractivity contribution < 1.29 is 28.8 Å². The second-order valence-electron chi connectivity index (χ2n) is 8.27. The quantitative estimate of drug-likeness (QED) is 0.859. The Morgan fingerprint density at radius 1 is 1.33 bits per heavy atom. The molecule has 0 bridgehead atoms. The summed E-state index contributed by atoms with van der Waals surface area (Å²) in [6.45, 7) is 3.66. The van der Waals surface area contributed by atoms with Gasteiger partial charge in [0.1, 0.15) is 18.3 Å². The average Bonchev–Trinajstić information content (AvgIpc) is 3.10. The number of carbonyl (C=O) groups is 1. The van der Waals surface area contributed by atoms with E-state index in [-0.39, 0.29) is 12.3 Å². The maximum Gasteiger partial charge on any atom is 0.223 e. The van der Waals surface area contributed by atoms with Crippen molar-refractivity contribution in [3.05, 3.63) is 23.8 Å². The molecule has 2 aliphatic heterocycles. The first-order valence-corrected chi connectivity index (χ1v) is 9.27. The zero-order valence-corrected chi connectivity index (χ0v) is 16.4. The van der Waals surface area contributed by atoms with Crippen molar-refractivity contribution in [1.82, 2.24) is 4.90 Å². The third-order valence-corrected chi connectivity index (χ3v) is 5.95. The molecule has 1 aliphatic carbocycles. The summed E-state index contributed by atoms with van der Waals surface area (Å²) >= 11 is 0. The molecule has 1 saturated heterocycles. The standard InChI is InChI=1S/C20H27NO6/c1-19(2)26-17-12(22)9-14-20(18(17)27-19,10-15(23)21(3)4)11-7-6-8-13(24-5)16(11)25-14/h6-8,12,14,17-18,22H,9-10H2,1-5H3/t12-,14-,17+,18+,20-/m1/s1. The lowest BCUT2D eigenvalue weighted by Gasteiger charge is -2.46. The van der Waals surface area contributed by atoms with Crippen LogP contribution in [0.5, 0.6) is 11.5 Å². The Kier molecular flexibility index (Phi) is 4.18. The van der Waals surface area contributed by atoms with Gasteiger partial charge in [0, 0.05) is 32.5 Å². The van der Waals surface area contributed by atoms with Gasteiger partial charge in [0.25, 0.3) is 0 Å². The maximum atomic E-state index is 12.8. The molecule has 27 heavy (non-hydrogen) atoms. The van der Waals surface area contributed by atoms with Gasteiger partial charge < -0.3 is 29.0 Å². The molecule has 1 saturated carbocycles. The largest absolute Gasteiger partial charge is 0.493 e. The fourth-order valence-electron chi connectivity index (χ4n) is 4.72. The molecule has 3 aliphatic rings. The predicted octanol–water partition coefficient (Wildman–Crippen LogP) is 1.46. The van der Waals surface area contributed by atoms with Crippen molar-refractivity contribution in [2.45, 2.75) is 62.3 Å². The summed E-state index contributed by atoms with van der Waals surface area (Å²) in [5, 5.41) is 10.7. The van der Waals surface area contributed by atoms with Gasteiger partial charge in [-0.3, -0.25) is 4.79 Å². The molecular formula is C20H27NO6. The van der Waals surface area contributed by atoms with Gasteiger partial charge in [-0.2, -0.15) is 0 Å². The van der Waals surface area contributed by atoms with E-state index in [0.717, 1.165) is 5.56 Å². The van der Waals surface area contributed by atoms with E-state index in [9.17, 15) is 9.90 Å². The van der Waals surface area contributed by atoms with E-state index in [4.69, 9.17) is 18.9 Å². The Hall–Kier alpha value is -1.83. The number of fused-ring (bicyclic) bond motifs is 5. The molecule has 2 heterocycles. The number of ether oxygens (including phenoxy) is 4. The molecule has 5 atom stereocenters. The van der Waals surface area contributed by atoms with Crippen LogP contribution in [0.2, 0.25) is 0 Å². The van der Waals surface area contributed by atoms with E-state index in [0.29, 0.717) is 17.9 Å². The Morgan fingerprint density at radius 3 is 2.74 bits per heavy atom. The zero-order chi connectivity index (χ0) is 19.6. The van der Waals surface area contributed by atoms with E-state index >= 15 is 0 Å². The zero-order valence-electron chi connectivity index (χ0n) is 16.4. The molecule has 0 aromatic heterocycles. The normalized spacial score (nSPS) is 35.6. The third-order valence-electron chi connectivity index (χ3n) is 5.95. The van der Waals surface area contributed by atoms with Crippen LogP contribution in [-0.4, -0.2) is 67.3 Å². The Bertz CT molecular complexity index is 763. The van der Waals surface area contributed by atoms with Crippen molar-refractivity contribution in [2.24, 2.45) is 0 Å². The summed E-state index contributed by atoms with van der Waals surface area (Å²) in [5.74, 6) is 0.365. The fourth-order valence-corrected chi connectivity index (χ4v) is 4.72. The van der Waals surface area contributed by atoms with Crippen molar-refractivity contribution in [3.8, 4) is 11.5 Å². The average molecular weight is 377 g/mol. The Balaban J connectivity index is 1.89. The number of benzene rings is 1. The topological polar surface area (TPSA) is 77.5 Å². The van der Waals surface area contributed by atoms with Crippen molar-refractivity contribution in [3.63, 3.8) is 0 Å². The number of carbonyl (C=O) groups excluding carboxylic acids is 1. The molecule has 4 rings (SSSR count). The summed E-state index contributed by atoms with van der Waals surface area (Å²) < 4.78 is 24.1. The highest BCUT2D eigenvalue weighted by molar-refractivity contribution is 5.79. The van der Waals surface area contributed by atoms with E-state index in [2.05, 4.69) is 0 Å². The lowest BCUT2D eigenvalue weighted by molar-refractivity contribution is -0.157. The number of aliphatic hydroxyl groups excluding tert-OH is 1. The van der Waals surface area contributed by atoms with Crippen LogP contribution in [-0.2, 0) is 19.7 Å². The van der Waals surface area contributed by atoms with Crippen LogP contribution in [0.1, 0.15) is 32.3 Å². The number of para-hydroxylation sites is 1. The molecule has 1 amide bonds. The molecule has 2 fully saturated rings. The Morgan fingerprint density at radius 2 is 2.07 bits per heavy atom. The number of methoxy groups -OCH3 is 1. The van der Waals surface area contributed by atoms with Crippen LogP contribution in [0.25, 0.3) is 0 Å². The number of hydrogen-bond acceptors (Lipinski definition) is 6. The summed E-state index contributed by atoms with van der Waals surface area (Å²) in [5.41, 5.74) is 0.133. The predicted molar refractivity (Wildman–Crippen MR) is 96.8 cm³/mol. The van der Waals surface area contributed by atoms with Crippen LogP contribution in [0.4, 0.5) is 0 Å². The molecule has 0 unspecified atom stereocenters. The summed E-state index contributed by atoms with van der Waals surface area (Å²) in [7, 11) is 5.07. The fraction of sp³-hybridized carbons (Fsp3) is 0.650. The second-order valence-corrected chi connectivity index (χ2v) is 8.27. The molecule has 148 valence electrons. The number of nitrogens with zero attached hydrogens (tertiary/aromatic N) is 1. The first-order chi connectivity index (χ1) is 12.7. The highest BCUT2D eigenvalue weighted by Gasteiger charge is 2.67. The highest BCUT2D eigenvalue weighted by Crippen LogP contribution is 2.58. The van der Waals surface area contributed by atoms with E-state index in [1.807, 2.05) is 32.0 Å². The molecule has 7 nitrogen and oxygen atoms in total. The maximum absolute atomic E-state index is 12.8. The van der Waals surface area contributed by atoms with Gasteiger partial charge in [-0.25, -0.2) is 0 Å². The molecule has 0 spiro atoms. The van der Waals surface area contributed by atoms with Crippen LogP contribution in [0.15, 0.2) is 18.2 Å². The van der Waals surface area contributed by atoms with Crippen molar-refractivity contribution in [2.75, 3.05) is 21.2 Å². The Labute approximate surface area is 159 Å². The highest BCUT2D eigenvalue weighted by atomic mass is 16.8. The lowest BCUT2D eigenvalue weighted by Crippen LogP contribution is -2.61. The molecule has 1 aromatic carbocycles. The van der Waals surface area contributed by atoms with E-state index < -0.39 is 35.6 Å². The minimum atomic E-state index is -0.846. The smallest absolute Gasteiger partial charge is 0.223 e. The van der Waals surface area contributed by atoms with Gasteiger partial charge in [0.2, 0.25) is 5.91 Å². The van der Waals surface area contributed by atoms with Gasteiger partial charge in [0.05, 0.1) is 18.6 Å².